The second-order valence-electron chi connectivity index (χ2n) is 3.41. The van der Waals surface area contributed by atoms with Crippen molar-refractivity contribution in [2.75, 3.05) is 0 Å². The number of rotatable bonds is 2. The van der Waals surface area contributed by atoms with Crippen molar-refractivity contribution in [1.29, 1.82) is 0 Å². The zero-order chi connectivity index (χ0) is 10.9. The molecule has 0 aliphatic rings. The summed E-state index contributed by atoms with van der Waals surface area (Å²) in [5, 5.41) is 9.36. The fourth-order valence-electron chi connectivity index (χ4n) is 1.03. The summed E-state index contributed by atoms with van der Waals surface area (Å²) >= 11 is 0. The van der Waals surface area contributed by atoms with E-state index in [-0.39, 0.29) is 5.56 Å². The number of aryl methyl sites for hydroxylation is 1. The molecule has 1 atom stereocenters. The van der Waals surface area contributed by atoms with Crippen LogP contribution < -0.4 is 0 Å². The maximum atomic E-state index is 13.0. The minimum absolute atomic E-state index is 0.115. The Morgan fingerprint density at radius 2 is 1.93 bits per heavy atom. The minimum atomic E-state index is -2.94. The average Bonchev–Trinajstić information content (AvgIpc) is 2.09. The summed E-state index contributed by atoms with van der Waals surface area (Å²) in [5.41, 5.74) is -2.05. The molecule has 0 amide bonds. The van der Waals surface area contributed by atoms with Gasteiger partial charge in [-0.1, -0.05) is 12.1 Å². The van der Waals surface area contributed by atoms with Crippen molar-refractivity contribution >= 4 is 0 Å². The molecule has 1 aromatic carbocycles. The van der Waals surface area contributed by atoms with Gasteiger partial charge in [-0.15, -0.1) is 0 Å². The summed E-state index contributed by atoms with van der Waals surface area (Å²) in [4.78, 5) is 0. The van der Waals surface area contributed by atoms with Crippen molar-refractivity contribution in [2.45, 2.75) is 25.9 Å². The van der Waals surface area contributed by atoms with E-state index in [0.717, 1.165) is 13.0 Å². The molecule has 0 bridgehead atoms. The molecule has 14 heavy (non-hydrogen) atoms. The molecular formula is C10H11F3O. The third-order valence-corrected chi connectivity index (χ3v) is 2.18. The lowest BCUT2D eigenvalue weighted by Crippen LogP contribution is -2.30. The third-order valence-electron chi connectivity index (χ3n) is 2.18. The van der Waals surface area contributed by atoms with Gasteiger partial charge in [0.2, 0.25) is 0 Å². The Morgan fingerprint density at radius 3 is 2.36 bits per heavy atom. The van der Waals surface area contributed by atoms with E-state index in [0.29, 0.717) is 5.56 Å². The molecule has 0 saturated heterocycles. The van der Waals surface area contributed by atoms with Gasteiger partial charge in [-0.3, -0.25) is 0 Å². The van der Waals surface area contributed by atoms with E-state index >= 15 is 0 Å². The van der Waals surface area contributed by atoms with Crippen LogP contribution >= 0.6 is 0 Å². The number of alkyl halides is 2. The number of aliphatic hydroxyl groups is 1. The van der Waals surface area contributed by atoms with Gasteiger partial charge < -0.3 is 5.11 Å². The highest BCUT2D eigenvalue weighted by molar-refractivity contribution is 5.27. The number of hydrogen-bond donors (Lipinski definition) is 1. The van der Waals surface area contributed by atoms with E-state index in [4.69, 9.17) is 0 Å². The maximum absolute atomic E-state index is 13.0. The van der Waals surface area contributed by atoms with Crippen LogP contribution in [0, 0.1) is 12.7 Å². The average molecular weight is 204 g/mol. The van der Waals surface area contributed by atoms with Crippen molar-refractivity contribution in [3.8, 4) is 0 Å². The van der Waals surface area contributed by atoms with Crippen molar-refractivity contribution in [3.05, 3.63) is 35.1 Å². The van der Waals surface area contributed by atoms with Gasteiger partial charge in [-0.2, -0.15) is 0 Å². The summed E-state index contributed by atoms with van der Waals surface area (Å²) in [6.45, 7) is 2.48. The lowest BCUT2D eigenvalue weighted by Gasteiger charge is -2.22. The minimum Gasteiger partial charge on any atom is -0.379 e. The molecule has 1 aromatic rings. The number of halogens is 3. The molecule has 1 N–H and O–H groups in total. The fraction of sp³-hybridized carbons (Fsp3) is 0.400. The number of benzene rings is 1. The molecule has 0 fully saturated rings. The Morgan fingerprint density at radius 1 is 1.36 bits per heavy atom. The Balaban J connectivity index is 3.14. The van der Waals surface area contributed by atoms with Crippen LogP contribution in [0.3, 0.4) is 0 Å². The molecule has 0 saturated carbocycles. The van der Waals surface area contributed by atoms with Gasteiger partial charge in [0, 0.05) is 0 Å². The molecule has 0 aliphatic carbocycles. The normalized spacial score (nSPS) is 15.6. The zero-order valence-electron chi connectivity index (χ0n) is 7.89. The predicted octanol–water partition coefficient (Wildman–Crippen LogP) is 2.61. The largest absolute Gasteiger partial charge is 0.379 e. The Hall–Kier alpha value is -1.03. The molecule has 78 valence electrons. The Kier molecular flexibility index (Phi) is 2.85. The smallest absolute Gasteiger partial charge is 0.270 e. The molecule has 0 aromatic heterocycles. The molecule has 0 heterocycles. The lowest BCUT2D eigenvalue weighted by atomic mass is 9.95. The van der Waals surface area contributed by atoms with Gasteiger partial charge in [-0.05, 0) is 31.0 Å². The molecule has 0 aliphatic heterocycles. The highest BCUT2D eigenvalue weighted by Gasteiger charge is 2.34. The summed E-state index contributed by atoms with van der Waals surface area (Å²) in [7, 11) is 0. The monoisotopic (exact) mass is 204 g/mol. The van der Waals surface area contributed by atoms with Crippen molar-refractivity contribution in [3.63, 3.8) is 0 Å². The molecule has 1 unspecified atom stereocenters. The topological polar surface area (TPSA) is 20.2 Å². The van der Waals surface area contributed by atoms with Gasteiger partial charge in [0.25, 0.3) is 6.43 Å². The SMILES string of the molecule is Cc1ccc(C(C)(O)C(F)F)cc1F. The van der Waals surface area contributed by atoms with Crippen LogP contribution in [0.4, 0.5) is 13.2 Å². The second kappa shape index (κ2) is 3.61. The van der Waals surface area contributed by atoms with Crippen LogP contribution in [0.5, 0.6) is 0 Å². The van der Waals surface area contributed by atoms with Crippen molar-refractivity contribution in [2.24, 2.45) is 0 Å². The van der Waals surface area contributed by atoms with Crippen LogP contribution in [0.25, 0.3) is 0 Å². The van der Waals surface area contributed by atoms with Crippen LogP contribution in [0.15, 0.2) is 18.2 Å². The lowest BCUT2D eigenvalue weighted by molar-refractivity contribution is -0.0884. The summed E-state index contributed by atoms with van der Waals surface area (Å²) < 4.78 is 37.7. The first-order chi connectivity index (χ1) is 6.35. The van der Waals surface area contributed by atoms with Crippen LogP contribution in [0.1, 0.15) is 18.1 Å². The molecule has 0 radical (unpaired) electrons. The van der Waals surface area contributed by atoms with Crippen molar-refractivity contribution < 1.29 is 18.3 Å². The van der Waals surface area contributed by atoms with E-state index in [2.05, 4.69) is 0 Å². The van der Waals surface area contributed by atoms with E-state index in [1.807, 2.05) is 0 Å². The molecule has 4 heteroatoms. The predicted molar refractivity (Wildman–Crippen MR) is 46.7 cm³/mol. The highest BCUT2D eigenvalue weighted by Crippen LogP contribution is 2.28. The third kappa shape index (κ3) is 1.90. The van der Waals surface area contributed by atoms with E-state index < -0.39 is 17.8 Å². The first kappa shape index (κ1) is 11.0. The van der Waals surface area contributed by atoms with Crippen molar-refractivity contribution in [1.82, 2.24) is 0 Å². The molecule has 1 rings (SSSR count). The zero-order valence-corrected chi connectivity index (χ0v) is 7.89. The fourth-order valence-corrected chi connectivity index (χ4v) is 1.03. The quantitative estimate of drug-likeness (QED) is 0.785. The van der Waals surface area contributed by atoms with Crippen LogP contribution in [-0.2, 0) is 5.60 Å². The van der Waals surface area contributed by atoms with Gasteiger partial charge in [0.15, 0.2) is 0 Å². The van der Waals surface area contributed by atoms with Crippen LogP contribution in [0.2, 0.25) is 0 Å². The van der Waals surface area contributed by atoms with E-state index in [1.54, 1.807) is 0 Å². The van der Waals surface area contributed by atoms with E-state index in [9.17, 15) is 18.3 Å². The molecule has 0 spiro atoms. The summed E-state index contributed by atoms with van der Waals surface area (Å²) in [6.07, 6.45) is -2.94. The maximum Gasteiger partial charge on any atom is 0.270 e. The first-order valence-electron chi connectivity index (χ1n) is 4.13. The van der Waals surface area contributed by atoms with Gasteiger partial charge in [0.1, 0.15) is 11.4 Å². The number of hydrogen-bond acceptors (Lipinski definition) is 1. The van der Waals surface area contributed by atoms with Gasteiger partial charge in [0.05, 0.1) is 0 Å². The standard InChI is InChI=1S/C10H11F3O/c1-6-3-4-7(5-8(6)11)10(2,14)9(12)13/h3-5,9,14H,1-2H3. The summed E-state index contributed by atoms with van der Waals surface area (Å²) in [5.74, 6) is -0.594. The van der Waals surface area contributed by atoms with Gasteiger partial charge in [-0.25, -0.2) is 13.2 Å². The second-order valence-corrected chi connectivity index (χ2v) is 3.41. The molecule has 1 nitrogen and oxygen atoms in total. The first-order valence-corrected chi connectivity index (χ1v) is 4.13. The Bertz CT molecular complexity index is 334. The van der Waals surface area contributed by atoms with E-state index in [1.165, 1.54) is 19.1 Å². The van der Waals surface area contributed by atoms with Gasteiger partial charge >= 0.3 is 0 Å². The van der Waals surface area contributed by atoms with Crippen LogP contribution in [-0.4, -0.2) is 11.5 Å². The summed E-state index contributed by atoms with van der Waals surface area (Å²) in [6, 6.07) is 3.59. The Labute approximate surface area is 80.2 Å². The molecular weight excluding hydrogens is 193 g/mol. The highest BCUT2D eigenvalue weighted by atomic mass is 19.3.